The molecule has 3 nitrogen and oxygen atoms in total. The first-order chi connectivity index (χ1) is 6.77. The fraction of sp³-hybridized carbons (Fsp3) is 0.909. The van der Waals surface area contributed by atoms with E-state index in [1.165, 1.54) is 0 Å². The summed E-state index contributed by atoms with van der Waals surface area (Å²) in [5.41, 5.74) is 5.81. The summed E-state index contributed by atoms with van der Waals surface area (Å²) in [5, 5.41) is 0. The van der Waals surface area contributed by atoms with Gasteiger partial charge in [-0.2, -0.15) is 0 Å². The second-order valence-corrected chi connectivity index (χ2v) is 4.59. The average Bonchev–Trinajstić information content (AvgIpc) is 2.65. The average molecular weight is 197 g/mol. The van der Waals surface area contributed by atoms with Gasteiger partial charge in [0.15, 0.2) is 0 Å². The van der Waals surface area contributed by atoms with Crippen molar-refractivity contribution in [2.24, 2.45) is 17.6 Å². The quantitative estimate of drug-likeness (QED) is 0.721. The highest BCUT2D eigenvalue weighted by Gasteiger charge is 2.33. The number of hydrogen-bond acceptors (Lipinski definition) is 3. The van der Waals surface area contributed by atoms with Gasteiger partial charge in [0.05, 0.1) is 6.61 Å². The molecule has 0 aromatic carbocycles. The minimum Gasteiger partial charge on any atom is -0.381 e. The standard InChI is InChI=1S/C11H19NO2/c12-10-4-3-8(6-10)11(13)9-2-1-5-14-7-9/h8-10H,1-7,12H2. The van der Waals surface area contributed by atoms with E-state index < -0.39 is 0 Å². The minimum atomic E-state index is 0.166. The number of hydrogen-bond donors (Lipinski definition) is 1. The summed E-state index contributed by atoms with van der Waals surface area (Å²) in [6.07, 6.45) is 4.97. The molecule has 2 aliphatic rings. The van der Waals surface area contributed by atoms with E-state index in [0.29, 0.717) is 12.4 Å². The second kappa shape index (κ2) is 4.41. The lowest BCUT2D eigenvalue weighted by molar-refractivity contribution is -0.130. The zero-order valence-corrected chi connectivity index (χ0v) is 8.58. The third kappa shape index (κ3) is 2.15. The van der Waals surface area contributed by atoms with Crippen molar-refractivity contribution < 1.29 is 9.53 Å². The molecule has 2 rings (SSSR count). The summed E-state index contributed by atoms with van der Waals surface area (Å²) >= 11 is 0. The van der Waals surface area contributed by atoms with Crippen molar-refractivity contribution in [3.63, 3.8) is 0 Å². The van der Waals surface area contributed by atoms with Crippen molar-refractivity contribution in [3.8, 4) is 0 Å². The molecule has 14 heavy (non-hydrogen) atoms. The molecule has 0 bridgehead atoms. The number of Topliss-reactive ketones (excluding diaryl/α,β-unsaturated/α-hetero) is 1. The van der Waals surface area contributed by atoms with Gasteiger partial charge in [-0.1, -0.05) is 0 Å². The van der Waals surface area contributed by atoms with Gasteiger partial charge in [-0.3, -0.25) is 4.79 Å². The molecule has 0 radical (unpaired) electrons. The Kier molecular flexibility index (Phi) is 3.19. The Hall–Kier alpha value is -0.410. The number of rotatable bonds is 2. The van der Waals surface area contributed by atoms with Crippen molar-refractivity contribution in [1.29, 1.82) is 0 Å². The van der Waals surface area contributed by atoms with Crippen molar-refractivity contribution in [2.45, 2.75) is 38.1 Å². The molecule has 0 spiro atoms. The van der Waals surface area contributed by atoms with Gasteiger partial charge in [0, 0.05) is 24.5 Å². The predicted molar refractivity (Wildman–Crippen MR) is 53.9 cm³/mol. The van der Waals surface area contributed by atoms with Crippen LogP contribution in [0.5, 0.6) is 0 Å². The molecule has 1 saturated carbocycles. The van der Waals surface area contributed by atoms with Crippen LogP contribution in [0.3, 0.4) is 0 Å². The molecule has 1 saturated heterocycles. The van der Waals surface area contributed by atoms with Gasteiger partial charge in [-0.05, 0) is 32.1 Å². The molecule has 80 valence electrons. The van der Waals surface area contributed by atoms with E-state index in [-0.39, 0.29) is 17.9 Å². The predicted octanol–water partition coefficient (Wildman–Crippen LogP) is 1.11. The van der Waals surface area contributed by atoms with Gasteiger partial charge in [0.1, 0.15) is 5.78 Å². The van der Waals surface area contributed by atoms with Gasteiger partial charge < -0.3 is 10.5 Å². The molecule has 1 aliphatic carbocycles. The SMILES string of the molecule is NC1CCC(C(=O)C2CCCOC2)C1. The summed E-state index contributed by atoms with van der Waals surface area (Å²) in [5.74, 6) is 0.813. The monoisotopic (exact) mass is 197 g/mol. The van der Waals surface area contributed by atoms with Gasteiger partial charge in [-0.15, -0.1) is 0 Å². The molecular weight excluding hydrogens is 178 g/mol. The second-order valence-electron chi connectivity index (χ2n) is 4.59. The highest BCUT2D eigenvalue weighted by Crippen LogP contribution is 2.29. The first kappa shape index (κ1) is 10.1. The fourth-order valence-electron chi connectivity index (χ4n) is 2.57. The molecule has 3 unspecified atom stereocenters. The van der Waals surface area contributed by atoms with Crippen LogP contribution < -0.4 is 5.73 Å². The van der Waals surface area contributed by atoms with Gasteiger partial charge >= 0.3 is 0 Å². The molecule has 1 aliphatic heterocycles. The Morgan fingerprint density at radius 3 is 2.64 bits per heavy atom. The Labute approximate surface area is 85.0 Å². The van der Waals surface area contributed by atoms with Crippen molar-refractivity contribution in [3.05, 3.63) is 0 Å². The molecule has 2 N–H and O–H groups in total. The summed E-state index contributed by atoms with van der Waals surface area (Å²) in [7, 11) is 0. The van der Waals surface area contributed by atoms with E-state index in [0.717, 1.165) is 38.7 Å². The molecule has 0 aromatic rings. The number of carbonyl (C=O) groups excluding carboxylic acids is 1. The van der Waals surface area contributed by atoms with Crippen LogP contribution in [-0.4, -0.2) is 25.0 Å². The van der Waals surface area contributed by atoms with Crippen LogP contribution in [-0.2, 0) is 9.53 Å². The number of carbonyl (C=O) groups is 1. The summed E-state index contributed by atoms with van der Waals surface area (Å²) in [6, 6.07) is 0.258. The molecule has 0 amide bonds. The lowest BCUT2D eigenvalue weighted by atomic mass is 9.88. The summed E-state index contributed by atoms with van der Waals surface area (Å²) in [4.78, 5) is 12.0. The van der Waals surface area contributed by atoms with Gasteiger partial charge in [-0.25, -0.2) is 0 Å². The smallest absolute Gasteiger partial charge is 0.141 e. The highest BCUT2D eigenvalue weighted by molar-refractivity contribution is 5.84. The van der Waals surface area contributed by atoms with Crippen LogP contribution in [0.4, 0.5) is 0 Å². The zero-order valence-electron chi connectivity index (χ0n) is 8.58. The number of nitrogens with two attached hydrogens (primary N) is 1. The summed E-state index contributed by atoms with van der Waals surface area (Å²) < 4.78 is 5.34. The lowest BCUT2D eigenvalue weighted by Gasteiger charge is -2.23. The maximum absolute atomic E-state index is 12.0. The zero-order chi connectivity index (χ0) is 9.97. The van der Waals surface area contributed by atoms with Crippen LogP contribution in [0.15, 0.2) is 0 Å². The van der Waals surface area contributed by atoms with E-state index in [4.69, 9.17) is 10.5 Å². The van der Waals surface area contributed by atoms with Crippen molar-refractivity contribution in [1.82, 2.24) is 0 Å². The Bertz CT molecular complexity index is 205. The first-order valence-corrected chi connectivity index (χ1v) is 5.64. The number of ketones is 1. The Morgan fingerprint density at radius 1 is 1.21 bits per heavy atom. The van der Waals surface area contributed by atoms with Crippen LogP contribution >= 0.6 is 0 Å². The van der Waals surface area contributed by atoms with E-state index in [9.17, 15) is 4.79 Å². The van der Waals surface area contributed by atoms with Gasteiger partial charge in [0.25, 0.3) is 0 Å². The highest BCUT2D eigenvalue weighted by atomic mass is 16.5. The molecule has 3 atom stereocenters. The molecule has 2 fully saturated rings. The van der Waals surface area contributed by atoms with E-state index >= 15 is 0 Å². The Morgan fingerprint density at radius 2 is 2.07 bits per heavy atom. The van der Waals surface area contributed by atoms with E-state index in [2.05, 4.69) is 0 Å². The van der Waals surface area contributed by atoms with Crippen LogP contribution in [0.2, 0.25) is 0 Å². The van der Waals surface area contributed by atoms with Gasteiger partial charge in [0.2, 0.25) is 0 Å². The molecule has 1 heterocycles. The minimum absolute atomic E-state index is 0.166. The van der Waals surface area contributed by atoms with Crippen molar-refractivity contribution in [2.75, 3.05) is 13.2 Å². The lowest BCUT2D eigenvalue weighted by Crippen LogP contribution is -2.30. The third-order valence-electron chi connectivity index (χ3n) is 3.44. The van der Waals surface area contributed by atoms with Crippen LogP contribution in [0, 0.1) is 11.8 Å². The molecular formula is C11H19NO2. The largest absolute Gasteiger partial charge is 0.381 e. The molecule has 0 aromatic heterocycles. The first-order valence-electron chi connectivity index (χ1n) is 5.64. The van der Waals surface area contributed by atoms with Crippen LogP contribution in [0.1, 0.15) is 32.1 Å². The summed E-state index contributed by atoms with van der Waals surface area (Å²) in [6.45, 7) is 1.47. The fourth-order valence-corrected chi connectivity index (χ4v) is 2.57. The number of ether oxygens (including phenoxy) is 1. The molecule has 3 heteroatoms. The topological polar surface area (TPSA) is 52.3 Å². The van der Waals surface area contributed by atoms with Crippen molar-refractivity contribution >= 4 is 5.78 Å². The normalized spacial score (nSPS) is 38.5. The third-order valence-corrected chi connectivity index (χ3v) is 3.44. The van der Waals surface area contributed by atoms with E-state index in [1.807, 2.05) is 0 Å². The Balaban J connectivity index is 1.87. The van der Waals surface area contributed by atoms with E-state index in [1.54, 1.807) is 0 Å². The van der Waals surface area contributed by atoms with Crippen LogP contribution in [0.25, 0.3) is 0 Å². The maximum Gasteiger partial charge on any atom is 0.141 e. The maximum atomic E-state index is 12.0.